The second-order valence-electron chi connectivity index (χ2n) is 6.48. The molecule has 1 fully saturated rings. The Kier molecular flexibility index (Phi) is 5.78. The van der Waals surface area contributed by atoms with Crippen LogP contribution in [0.25, 0.3) is 5.69 Å². The number of urea groups is 1. The number of hydrogen-bond acceptors (Lipinski definition) is 4. The number of benzene rings is 1. The van der Waals surface area contributed by atoms with Gasteiger partial charge in [0.25, 0.3) is 0 Å². The molecule has 0 aliphatic carbocycles. The van der Waals surface area contributed by atoms with Crippen LogP contribution in [0.5, 0.6) is 5.75 Å². The van der Waals surface area contributed by atoms with Crippen molar-refractivity contribution in [3.8, 4) is 11.4 Å². The van der Waals surface area contributed by atoms with E-state index in [1.54, 1.807) is 25.1 Å². The van der Waals surface area contributed by atoms with Crippen LogP contribution < -0.4 is 10.1 Å². The standard InChI is InChI=1S/C19H26N4O3/c1-14(21-19(24)22-10-8-16(25-2)9-11-22)15-12-20-23(13-15)17-6-4-5-7-18(17)26-3/h4-7,12-14,16H,8-11H2,1-3H3,(H,21,24)/t14-/m1/s1. The quantitative estimate of drug-likeness (QED) is 0.892. The maximum absolute atomic E-state index is 12.5. The molecule has 7 heteroatoms. The molecule has 140 valence electrons. The van der Waals surface area contributed by atoms with Crippen LogP contribution in [-0.4, -0.2) is 54.1 Å². The minimum Gasteiger partial charge on any atom is -0.494 e. The van der Waals surface area contributed by atoms with E-state index in [1.807, 2.05) is 42.3 Å². The highest BCUT2D eigenvalue weighted by atomic mass is 16.5. The van der Waals surface area contributed by atoms with Crippen LogP contribution in [0.2, 0.25) is 0 Å². The molecule has 1 aromatic carbocycles. The summed E-state index contributed by atoms with van der Waals surface area (Å²) in [6.07, 6.45) is 5.71. The van der Waals surface area contributed by atoms with Crippen molar-refractivity contribution < 1.29 is 14.3 Å². The lowest BCUT2D eigenvalue weighted by atomic mass is 10.1. The summed E-state index contributed by atoms with van der Waals surface area (Å²) in [6.45, 7) is 3.40. The smallest absolute Gasteiger partial charge is 0.317 e. The molecule has 1 N–H and O–H groups in total. The molecule has 2 aromatic rings. The third kappa shape index (κ3) is 3.99. The van der Waals surface area contributed by atoms with Crippen molar-refractivity contribution in [1.82, 2.24) is 20.0 Å². The molecule has 2 amide bonds. The molecule has 0 spiro atoms. The summed E-state index contributed by atoms with van der Waals surface area (Å²) in [4.78, 5) is 14.3. The fourth-order valence-corrected chi connectivity index (χ4v) is 3.17. The van der Waals surface area contributed by atoms with E-state index >= 15 is 0 Å². The monoisotopic (exact) mass is 358 g/mol. The lowest BCUT2D eigenvalue weighted by Gasteiger charge is -2.32. The highest BCUT2D eigenvalue weighted by Crippen LogP contribution is 2.23. The Hall–Kier alpha value is -2.54. The Morgan fingerprint density at radius 2 is 2.00 bits per heavy atom. The number of nitrogens with one attached hydrogen (secondary N) is 1. The summed E-state index contributed by atoms with van der Waals surface area (Å²) >= 11 is 0. The molecule has 3 rings (SSSR count). The fraction of sp³-hybridized carbons (Fsp3) is 0.474. The Bertz CT molecular complexity index is 738. The van der Waals surface area contributed by atoms with Gasteiger partial charge in [-0.3, -0.25) is 0 Å². The van der Waals surface area contributed by atoms with Crippen molar-refractivity contribution in [3.63, 3.8) is 0 Å². The summed E-state index contributed by atoms with van der Waals surface area (Å²) in [7, 11) is 3.36. The van der Waals surface area contributed by atoms with Gasteiger partial charge in [0.05, 0.1) is 25.5 Å². The van der Waals surface area contributed by atoms with Crippen molar-refractivity contribution >= 4 is 6.03 Å². The molecule has 0 unspecified atom stereocenters. The van der Waals surface area contributed by atoms with Crippen LogP contribution >= 0.6 is 0 Å². The number of amides is 2. The lowest BCUT2D eigenvalue weighted by molar-refractivity contribution is 0.0500. The van der Waals surface area contributed by atoms with Gasteiger partial charge in [0.1, 0.15) is 11.4 Å². The number of likely N-dealkylation sites (tertiary alicyclic amines) is 1. The Labute approximate surface area is 153 Å². The molecule has 1 aromatic heterocycles. The molecule has 1 atom stereocenters. The molecule has 7 nitrogen and oxygen atoms in total. The Morgan fingerprint density at radius 1 is 1.27 bits per heavy atom. The number of ether oxygens (including phenoxy) is 2. The van der Waals surface area contributed by atoms with Crippen LogP contribution in [0.3, 0.4) is 0 Å². The van der Waals surface area contributed by atoms with E-state index in [1.165, 1.54) is 0 Å². The summed E-state index contributed by atoms with van der Waals surface area (Å²) < 4.78 is 12.5. The first-order valence-electron chi connectivity index (χ1n) is 8.88. The van der Waals surface area contributed by atoms with Gasteiger partial charge in [-0.2, -0.15) is 5.10 Å². The molecule has 1 aliphatic heterocycles. The Balaban J connectivity index is 1.63. The fourth-order valence-electron chi connectivity index (χ4n) is 3.17. The molecule has 1 saturated heterocycles. The van der Waals surface area contributed by atoms with Gasteiger partial charge in [-0.05, 0) is 31.9 Å². The van der Waals surface area contributed by atoms with Gasteiger partial charge in [0, 0.05) is 32.0 Å². The molecule has 2 heterocycles. The summed E-state index contributed by atoms with van der Waals surface area (Å²) in [5, 5.41) is 7.47. The maximum atomic E-state index is 12.5. The minimum atomic E-state index is -0.133. The maximum Gasteiger partial charge on any atom is 0.317 e. The minimum absolute atomic E-state index is 0.0444. The van der Waals surface area contributed by atoms with Crippen molar-refractivity contribution in [1.29, 1.82) is 0 Å². The van der Waals surface area contributed by atoms with E-state index in [4.69, 9.17) is 9.47 Å². The number of carbonyl (C=O) groups excluding carboxylic acids is 1. The van der Waals surface area contributed by atoms with Crippen molar-refractivity contribution in [2.75, 3.05) is 27.3 Å². The van der Waals surface area contributed by atoms with Gasteiger partial charge in [-0.25, -0.2) is 9.48 Å². The third-order valence-corrected chi connectivity index (χ3v) is 4.84. The second-order valence-corrected chi connectivity index (χ2v) is 6.48. The lowest BCUT2D eigenvalue weighted by Crippen LogP contribution is -2.46. The highest BCUT2D eigenvalue weighted by Gasteiger charge is 2.24. The van der Waals surface area contributed by atoms with Gasteiger partial charge in [-0.15, -0.1) is 0 Å². The normalized spacial score (nSPS) is 16.3. The third-order valence-electron chi connectivity index (χ3n) is 4.84. The van der Waals surface area contributed by atoms with E-state index < -0.39 is 0 Å². The number of rotatable bonds is 5. The van der Waals surface area contributed by atoms with Gasteiger partial charge < -0.3 is 19.7 Å². The molecule has 0 radical (unpaired) electrons. The SMILES string of the molecule is COc1ccccc1-n1cc([C@@H](C)NC(=O)N2CCC(OC)CC2)cn1. The zero-order chi connectivity index (χ0) is 18.5. The molecular formula is C19H26N4O3. The topological polar surface area (TPSA) is 68.6 Å². The van der Waals surface area contributed by atoms with Gasteiger partial charge in [-0.1, -0.05) is 12.1 Å². The average Bonchev–Trinajstić information content (AvgIpc) is 3.18. The molecule has 26 heavy (non-hydrogen) atoms. The highest BCUT2D eigenvalue weighted by molar-refractivity contribution is 5.74. The van der Waals surface area contributed by atoms with Gasteiger partial charge in [0.2, 0.25) is 0 Å². The summed E-state index contributed by atoms with van der Waals surface area (Å²) in [5.74, 6) is 0.750. The van der Waals surface area contributed by atoms with Gasteiger partial charge >= 0.3 is 6.03 Å². The van der Waals surface area contributed by atoms with E-state index in [0.717, 1.165) is 42.9 Å². The number of methoxy groups -OCH3 is 2. The predicted molar refractivity (Wildman–Crippen MR) is 98.7 cm³/mol. The predicted octanol–water partition coefficient (Wildman–Crippen LogP) is 2.76. The number of para-hydroxylation sites is 2. The van der Waals surface area contributed by atoms with E-state index in [-0.39, 0.29) is 18.2 Å². The zero-order valence-electron chi connectivity index (χ0n) is 15.5. The van der Waals surface area contributed by atoms with Gasteiger partial charge in [0.15, 0.2) is 0 Å². The van der Waals surface area contributed by atoms with Crippen LogP contribution in [0.1, 0.15) is 31.4 Å². The van der Waals surface area contributed by atoms with Crippen molar-refractivity contribution in [2.24, 2.45) is 0 Å². The number of piperidine rings is 1. The molecule has 0 bridgehead atoms. The molecule has 0 saturated carbocycles. The Morgan fingerprint density at radius 3 is 2.69 bits per heavy atom. The first-order chi connectivity index (χ1) is 12.6. The van der Waals surface area contributed by atoms with Crippen LogP contribution in [0.4, 0.5) is 4.79 Å². The molecular weight excluding hydrogens is 332 g/mol. The number of nitrogens with zero attached hydrogens (tertiary/aromatic N) is 3. The van der Waals surface area contributed by atoms with Crippen molar-refractivity contribution in [2.45, 2.75) is 31.9 Å². The first-order valence-corrected chi connectivity index (χ1v) is 8.88. The second kappa shape index (κ2) is 8.23. The van der Waals surface area contributed by atoms with Crippen LogP contribution in [0, 0.1) is 0 Å². The van der Waals surface area contributed by atoms with E-state index in [0.29, 0.717) is 0 Å². The largest absolute Gasteiger partial charge is 0.494 e. The molecule has 1 aliphatic rings. The van der Waals surface area contributed by atoms with Crippen molar-refractivity contribution in [3.05, 3.63) is 42.2 Å². The zero-order valence-corrected chi connectivity index (χ0v) is 15.5. The first kappa shape index (κ1) is 18.3. The number of aromatic nitrogens is 2. The summed E-state index contributed by atoms with van der Waals surface area (Å²) in [6, 6.07) is 7.52. The summed E-state index contributed by atoms with van der Waals surface area (Å²) in [5.41, 5.74) is 1.80. The average molecular weight is 358 g/mol. The van der Waals surface area contributed by atoms with Crippen LogP contribution in [0.15, 0.2) is 36.7 Å². The van der Waals surface area contributed by atoms with E-state index in [9.17, 15) is 4.79 Å². The van der Waals surface area contributed by atoms with Crippen LogP contribution in [-0.2, 0) is 4.74 Å². The number of carbonyl (C=O) groups is 1. The van der Waals surface area contributed by atoms with E-state index in [2.05, 4.69) is 10.4 Å². The number of hydrogen-bond donors (Lipinski definition) is 1.